The van der Waals surface area contributed by atoms with E-state index < -0.39 is 55.2 Å². The highest BCUT2D eigenvalue weighted by Gasteiger charge is 2.20. The van der Waals surface area contributed by atoms with Gasteiger partial charge in [-0.25, -0.2) is 13.8 Å². The van der Waals surface area contributed by atoms with Crippen LogP contribution in [-0.2, 0) is 24.3 Å². The van der Waals surface area contributed by atoms with Gasteiger partial charge in [0, 0.05) is 37.3 Å². The zero-order valence-corrected chi connectivity index (χ0v) is 15.6. The van der Waals surface area contributed by atoms with Crippen molar-refractivity contribution in [3.05, 3.63) is 64.8 Å². The maximum absolute atomic E-state index is 14.6. The molecule has 2 N–H and O–H groups in total. The van der Waals surface area contributed by atoms with Crippen LogP contribution in [0, 0.1) is 23.0 Å². The average Bonchev–Trinajstić information content (AvgIpc) is 3.21. The molecule has 31 heavy (non-hydrogen) atoms. The lowest BCUT2D eigenvalue weighted by Gasteiger charge is -2.21. The van der Waals surface area contributed by atoms with E-state index in [0.717, 1.165) is 4.90 Å². The van der Waals surface area contributed by atoms with E-state index in [-0.39, 0.29) is 30.2 Å². The number of nitriles is 1. The molecule has 0 saturated carbocycles. The predicted molar refractivity (Wildman–Crippen MR) is 103 cm³/mol. The number of carbonyl (C=O) groups is 1. The van der Waals surface area contributed by atoms with Crippen molar-refractivity contribution in [2.45, 2.75) is 26.3 Å². The number of carbonyl (C=O) groups excluding carboxylic acids is 1. The smallest absolute Gasteiger partial charge is 0.312 e. The molecule has 1 aromatic carbocycles. The number of nitrogens with two attached hydrogens (primary N) is 1. The Kier molecular flexibility index (Phi) is 4.35. The van der Waals surface area contributed by atoms with Gasteiger partial charge in [-0.15, -0.1) is 5.10 Å². The highest BCUT2D eigenvalue weighted by atomic mass is 19.1. The second-order valence-corrected chi connectivity index (χ2v) is 5.95. The van der Waals surface area contributed by atoms with Crippen LogP contribution in [0.5, 0.6) is 5.75 Å². The second-order valence-electron chi connectivity index (χ2n) is 5.95. The summed E-state index contributed by atoms with van der Waals surface area (Å²) >= 11 is 0. The van der Waals surface area contributed by atoms with E-state index in [4.69, 9.17) is 29.7 Å². The molecule has 3 aromatic rings. The lowest BCUT2D eigenvalue weighted by atomic mass is 10.1. The maximum atomic E-state index is 14.6. The molecule has 0 fully saturated rings. The first-order valence-electron chi connectivity index (χ1n) is 12.0. The number of benzene rings is 1. The van der Waals surface area contributed by atoms with Crippen LogP contribution in [-0.4, -0.2) is 32.5 Å². The van der Waals surface area contributed by atoms with E-state index in [0.29, 0.717) is 11.6 Å². The Hall–Kier alpha value is -4.07. The third-order valence-electron chi connectivity index (χ3n) is 3.80. The van der Waals surface area contributed by atoms with Crippen LogP contribution < -0.4 is 10.5 Å². The zero-order chi connectivity index (χ0) is 28.5. The molecule has 9 nitrogen and oxygen atoms in total. The van der Waals surface area contributed by atoms with Gasteiger partial charge in [0.1, 0.15) is 29.1 Å². The zero-order valence-electron chi connectivity index (χ0n) is 22.6. The van der Waals surface area contributed by atoms with Gasteiger partial charge in [0.15, 0.2) is 6.56 Å². The van der Waals surface area contributed by atoms with E-state index in [9.17, 15) is 13.6 Å². The SMILES string of the molecule is [2H]C([2H])(Oc1cc(F)cc(F)c1C([2H])([2H])C([2H])([2H])[2H])C(=O)N(Cc1ccc(C#N)nc1)Cc1nnc(N)o1. The molecule has 0 aliphatic carbocycles. The Bertz CT molecular complexity index is 1380. The van der Waals surface area contributed by atoms with Gasteiger partial charge in [-0.2, -0.15) is 5.26 Å². The van der Waals surface area contributed by atoms with Gasteiger partial charge < -0.3 is 19.8 Å². The summed E-state index contributed by atoms with van der Waals surface area (Å²) in [5, 5.41) is 16.0. The summed E-state index contributed by atoms with van der Waals surface area (Å²) in [6.07, 6.45) is -2.21. The van der Waals surface area contributed by atoms with Gasteiger partial charge in [0.2, 0.25) is 5.89 Å². The van der Waals surface area contributed by atoms with E-state index >= 15 is 0 Å². The first kappa shape index (κ1) is 14.0. The summed E-state index contributed by atoms with van der Waals surface area (Å²) < 4.78 is 92.9. The quantitative estimate of drug-likeness (QED) is 0.570. The molecule has 160 valence electrons. The predicted octanol–water partition coefficient (Wildman–Crippen LogP) is 2.37. The Labute approximate surface area is 185 Å². The number of hydrogen-bond acceptors (Lipinski definition) is 8. The van der Waals surface area contributed by atoms with Crippen molar-refractivity contribution >= 4 is 11.9 Å². The number of amides is 1. The van der Waals surface area contributed by atoms with Gasteiger partial charge >= 0.3 is 6.01 Å². The van der Waals surface area contributed by atoms with E-state index in [1.807, 2.05) is 6.07 Å². The first-order valence-corrected chi connectivity index (χ1v) is 8.46. The van der Waals surface area contributed by atoms with Gasteiger partial charge in [0.05, 0.1) is 9.29 Å². The summed E-state index contributed by atoms with van der Waals surface area (Å²) in [4.78, 5) is 17.9. The summed E-state index contributed by atoms with van der Waals surface area (Å²) in [6, 6.07) is 4.79. The number of nitrogens with zero attached hydrogens (tertiary/aromatic N) is 5. The Balaban J connectivity index is 2.00. The minimum absolute atomic E-state index is 0.0687. The molecule has 0 aliphatic rings. The molecule has 0 aliphatic heterocycles. The number of halogens is 2. The minimum atomic E-state index is -3.47. The van der Waals surface area contributed by atoms with Gasteiger partial charge in [-0.1, -0.05) is 18.0 Å². The number of rotatable bonds is 8. The lowest BCUT2D eigenvalue weighted by molar-refractivity contribution is -0.135. The van der Waals surface area contributed by atoms with E-state index in [2.05, 4.69) is 15.2 Å². The van der Waals surface area contributed by atoms with Gasteiger partial charge in [0.25, 0.3) is 5.91 Å². The number of pyridine rings is 1. The van der Waals surface area contributed by atoms with Crippen molar-refractivity contribution in [2.24, 2.45) is 0 Å². The number of aromatic nitrogens is 3. The molecule has 1 amide bonds. The highest BCUT2D eigenvalue weighted by molar-refractivity contribution is 5.77. The molecule has 3 rings (SSSR count). The monoisotopic (exact) mass is 435 g/mol. The van der Waals surface area contributed by atoms with Crippen LogP contribution in [0.15, 0.2) is 34.9 Å². The molecule has 0 bridgehead atoms. The van der Waals surface area contributed by atoms with Crippen LogP contribution in [0.25, 0.3) is 0 Å². The molecular formula is C20H18F2N6O3. The molecule has 11 heteroatoms. The standard InChI is InChI=1S/C20H18F2N6O3/c1-2-15-16(22)5-13(21)6-17(15)30-11-19(29)28(10-18-26-27-20(24)31-18)9-12-3-4-14(7-23)25-8-12/h3-6,8H,2,9-11H2,1H3,(H2,24,27)/i1D3,2D2,11D2. The van der Waals surface area contributed by atoms with Crippen molar-refractivity contribution < 1.29 is 32.3 Å². The van der Waals surface area contributed by atoms with Crippen molar-refractivity contribution in [1.82, 2.24) is 20.1 Å². The average molecular weight is 435 g/mol. The summed E-state index contributed by atoms with van der Waals surface area (Å²) in [7, 11) is 0. The second kappa shape index (κ2) is 9.62. The van der Waals surface area contributed by atoms with Gasteiger partial charge in [-0.3, -0.25) is 4.79 Å². The maximum Gasteiger partial charge on any atom is 0.312 e. The summed E-state index contributed by atoms with van der Waals surface area (Å²) in [6.45, 7) is -7.77. The van der Waals surface area contributed by atoms with Crippen molar-refractivity contribution in [2.75, 3.05) is 12.3 Å². The molecular weight excluding hydrogens is 410 g/mol. The fourth-order valence-electron chi connectivity index (χ4n) is 2.41. The number of nitrogen functional groups attached to an aromatic ring is 1. The molecule has 2 aromatic heterocycles. The molecule has 2 heterocycles. The molecule has 0 unspecified atom stereocenters. The van der Waals surface area contributed by atoms with E-state index in [1.54, 1.807) is 0 Å². The Morgan fingerprint density at radius 3 is 2.87 bits per heavy atom. The summed E-state index contributed by atoms with van der Waals surface area (Å²) in [5.41, 5.74) is 4.47. The fraction of sp³-hybridized carbons (Fsp3) is 0.250. The number of hydrogen-bond donors (Lipinski definition) is 1. The Morgan fingerprint density at radius 2 is 2.23 bits per heavy atom. The number of anilines is 1. The molecule has 0 atom stereocenters. The van der Waals surface area contributed by atoms with Gasteiger partial charge in [-0.05, 0) is 18.0 Å². The van der Waals surface area contributed by atoms with Crippen LogP contribution in [0.3, 0.4) is 0 Å². The summed E-state index contributed by atoms with van der Waals surface area (Å²) in [5.74, 6) is -5.85. The Morgan fingerprint density at radius 1 is 1.39 bits per heavy atom. The third kappa shape index (κ3) is 5.51. The van der Waals surface area contributed by atoms with Crippen molar-refractivity contribution in [1.29, 1.82) is 5.26 Å². The molecule has 0 radical (unpaired) electrons. The van der Waals surface area contributed by atoms with Crippen molar-refractivity contribution in [3.63, 3.8) is 0 Å². The molecule has 0 saturated heterocycles. The van der Waals surface area contributed by atoms with Crippen LogP contribution in [0.1, 0.15) is 39.2 Å². The van der Waals surface area contributed by atoms with Crippen LogP contribution >= 0.6 is 0 Å². The van der Waals surface area contributed by atoms with Crippen LogP contribution in [0.2, 0.25) is 0 Å². The topological polar surface area (TPSA) is 131 Å². The highest BCUT2D eigenvalue weighted by Crippen LogP contribution is 2.24. The largest absolute Gasteiger partial charge is 0.483 e. The van der Waals surface area contributed by atoms with Crippen LogP contribution in [0.4, 0.5) is 14.8 Å². The van der Waals surface area contributed by atoms with Crippen molar-refractivity contribution in [3.8, 4) is 11.8 Å². The third-order valence-corrected chi connectivity index (χ3v) is 3.80. The fourth-order valence-corrected chi connectivity index (χ4v) is 2.41. The molecule has 0 spiro atoms. The minimum Gasteiger partial charge on any atom is -0.483 e. The normalized spacial score (nSPS) is 15.2. The first-order chi connectivity index (χ1) is 17.5. The lowest BCUT2D eigenvalue weighted by Crippen LogP contribution is -2.34. The number of ether oxygens (including phenoxy) is 1. The van der Waals surface area contributed by atoms with E-state index in [1.165, 1.54) is 18.3 Å².